The summed E-state index contributed by atoms with van der Waals surface area (Å²) in [6.45, 7) is 0. The van der Waals surface area contributed by atoms with Gasteiger partial charge in [-0.2, -0.15) is 0 Å². The first-order valence-corrected chi connectivity index (χ1v) is 15.8. The second-order valence-electron chi connectivity index (χ2n) is 12.1. The van der Waals surface area contributed by atoms with E-state index in [9.17, 15) is 0 Å². The molecule has 11 aromatic rings. The summed E-state index contributed by atoms with van der Waals surface area (Å²) < 4.78 is 7.01. The van der Waals surface area contributed by atoms with Gasteiger partial charge in [-0.25, -0.2) is 9.97 Å². The molecule has 0 aliphatic carbocycles. The molecule has 0 saturated carbocycles. The molecule has 0 bridgehead atoms. The number of para-hydroxylation sites is 3. The van der Waals surface area contributed by atoms with Crippen LogP contribution in [0.15, 0.2) is 146 Å². The molecule has 0 aliphatic rings. The van der Waals surface area contributed by atoms with Crippen molar-refractivity contribution in [3.63, 3.8) is 0 Å². The van der Waals surface area contributed by atoms with Crippen molar-refractivity contribution in [3.05, 3.63) is 146 Å². The summed E-state index contributed by atoms with van der Waals surface area (Å²) in [4.78, 5) is 14.6. The van der Waals surface area contributed by atoms with E-state index < -0.39 is 0 Å². The van der Waals surface area contributed by atoms with Crippen LogP contribution in [0, 0.1) is 0 Å². The zero-order valence-corrected chi connectivity index (χ0v) is 25.0. The number of nitrogens with zero attached hydrogens (tertiary/aromatic N) is 6. The third-order valence-electron chi connectivity index (χ3n) is 9.72. The molecule has 0 saturated heterocycles. The van der Waals surface area contributed by atoms with Crippen molar-refractivity contribution in [2.75, 3.05) is 0 Å². The monoisotopic (exact) mass is 600 g/mol. The number of rotatable bonds is 2. The standard InChI is InChI=1S/C41H24N6/c1-3-10-25(11-4-1)45-32-16-8-7-14-27(32)37-34(45)19-20-35-38(37)28-17-18-29-36(39(28)46(35)26-12-5-2-6-13-26)30-24-42-23-21-33(30)47-40(29)44-31-15-9-22-43-41(31)47/h1-24H. The molecule has 5 aromatic carbocycles. The van der Waals surface area contributed by atoms with Crippen molar-refractivity contribution in [1.29, 1.82) is 0 Å². The first kappa shape index (κ1) is 24.8. The van der Waals surface area contributed by atoms with Crippen molar-refractivity contribution in [2.24, 2.45) is 0 Å². The van der Waals surface area contributed by atoms with Crippen LogP contribution >= 0.6 is 0 Å². The Bertz CT molecular complexity index is 3060. The van der Waals surface area contributed by atoms with Gasteiger partial charge in [-0.15, -0.1) is 0 Å². The minimum atomic E-state index is 0.847. The summed E-state index contributed by atoms with van der Waals surface area (Å²) in [5.41, 5.74) is 10.6. The molecule has 6 nitrogen and oxygen atoms in total. The molecule has 0 aliphatic heterocycles. The Hall–Kier alpha value is -6.53. The first-order chi connectivity index (χ1) is 23.4. The fraction of sp³-hybridized carbons (Fsp3) is 0. The van der Waals surface area contributed by atoms with Crippen molar-refractivity contribution >= 4 is 82.1 Å². The minimum Gasteiger partial charge on any atom is -0.309 e. The molecule has 0 atom stereocenters. The largest absolute Gasteiger partial charge is 0.309 e. The Morgan fingerprint density at radius 3 is 1.96 bits per heavy atom. The van der Waals surface area contributed by atoms with Crippen molar-refractivity contribution in [2.45, 2.75) is 0 Å². The van der Waals surface area contributed by atoms with Gasteiger partial charge in [0.25, 0.3) is 0 Å². The number of benzene rings is 5. The van der Waals surface area contributed by atoms with E-state index in [4.69, 9.17) is 9.97 Å². The van der Waals surface area contributed by atoms with E-state index in [1.807, 2.05) is 30.7 Å². The molecular formula is C41H24N6. The topological polar surface area (TPSA) is 52.9 Å². The van der Waals surface area contributed by atoms with Gasteiger partial charge in [0.2, 0.25) is 0 Å². The van der Waals surface area contributed by atoms with Crippen LogP contribution in [-0.2, 0) is 0 Å². The normalized spacial score (nSPS) is 12.3. The lowest BCUT2D eigenvalue weighted by atomic mass is 10.0. The maximum Gasteiger partial charge on any atom is 0.164 e. The van der Waals surface area contributed by atoms with Crippen LogP contribution in [-0.4, -0.2) is 28.5 Å². The van der Waals surface area contributed by atoms with Gasteiger partial charge in [-0.1, -0.05) is 60.7 Å². The number of hydrogen-bond donors (Lipinski definition) is 0. The molecule has 0 fully saturated rings. The zero-order chi connectivity index (χ0) is 30.6. The summed E-state index contributed by atoms with van der Waals surface area (Å²) in [6.07, 6.45) is 5.69. The van der Waals surface area contributed by atoms with Crippen molar-refractivity contribution < 1.29 is 0 Å². The molecule has 6 aromatic heterocycles. The Morgan fingerprint density at radius 2 is 1.13 bits per heavy atom. The molecular weight excluding hydrogens is 576 g/mol. The third kappa shape index (κ3) is 3.16. The molecule has 11 rings (SSSR count). The molecule has 47 heavy (non-hydrogen) atoms. The summed E-state index contributed by atoms with van der Waals surface area (Å²) in [6, 6.07) is 45.3. The maximum atomic E-state index is 5.15. The summed E-state index contributed by atoms with van der Waals surface area (Å²) in [7, 11) is 0. The molecule has 6 heteroatoms. The van der Waals surface area contributed by atoms with Gasteiger partial charge in [-0.3, -0.25) is 9.38 Å². The summed E-state index contributed by atoms with van der Waals surface area (Å²) in [5.74, 6) is 0. The lowest BCUT2D eigenvalue weighted by Crippen LogP contribution is -1.97. The highest BCUT2D eigenvalue weighted by Crippen LogP contribution is 2.45. The zero-order valence-electron chi connectivity index (χ0n) is 25.0. The van der Waals surface area contributed by atoms with Gasteiger partial charge in [0.1, 0.15) is 11.2 Å². The molecule has 0 amide bonds. The summed E-state index contributed by atoms with van der Waals surface area (Å²) in [5, 5.41) is 8.18. The van der Waals surface area contributed by atoms with Crippen molar-refractivity contribution in [3.8, 4) is 11.4 Å². The average molecular weight is 601 g/mol. The maximum absolute atomic E-state index is 5.15. The SMILES string of the molecule is c1ccc(-n2c3ccccc3c3c4c5ccc6c(c7cnccc7n7c8ncccc8nc67)c5n(-c5ccccc5)c4ccc32)cc1. The highest BCUT2D eigenvalue weighted by Gasteiger charge is 2.24. The minimum absolute atomic E-state index is 0.847. The second-order valence-corrected chi connectivity index (χ2v) is 12.1. The van der Waals surface area contributed by atoms with Crippen LogP contribution in [0.4, 0.5) is 0 Å². The fourth-order valence-electron chi connectivity index (χ4n) is 7.91. The number of fused-ring (bicyclic) bond motifs is 16. The van der Waals surface area contributed by atoms with E-state index >= 15 is 0 Å². The van der Waals surface area contributed by atoms with E-state index in [1.54, 1.807) is 0 Å². The van der Waals surface area contributed by atoms with Crippen LogP contribution in [0.3, 0.4) is 0 Å². The van der Waals surface area contributed by atoms with Crippen molar-refractivity contribution in [1.82, 2.24) is 28.5 Å². The van der Waals surface area contributed by atoms with Gasteiger partial charge < -0.3 is 9.13 Å². The van der Waals surface area contributed by atoms with Gasteiger partial charge in [-0.05, 0) is 66.7 Å². The van der Waals surface area contributed by atoms with Gasteiger partial charge in [0.15, 0.2) is 5.65 Å². The van der Waals surface area contributed by atoms with E-state index in [1.165, 1.54) is 32.6 Å². The van der Waals surface area contributed by atoms with Crippen LogP contribution in [0.25, 0.3) is 93.5 Å². The van der Waals surface area contributed by atoms with Crippen LogP contribution in [0.2, 0.25) is 0 Å². The van der Waals surface area contributed by atoms with E-state index in [0.717, 1.165) is 60.9 Å². The van der Waals surface area contributed by atoms with Gasteiger partial charge >= 0.3 is 0 Å². The Kier molecular flexibility index (Phi) is 4.75. The predicted molar refractivity (Wildman–Crippen MR) is 192 cm³/mol. The lowest BCUT2D eigenvalue weighted by Gasteiger charge is -2.13. The molecule has 0 unspecified atom stereocenters. The third-order valence-corrected chi connectivity index (χ3v) is 9.72. The highest BCUT2D eigenvalue weighted by molar-refractivity contribution is 6.34. The fourth-order valence-corrected chi connectivity index (χ4v) is 7.91. The Labute approximate surface area is 267 Å². The average Bonchev–Trinajstić information content (AvgIpc) is 3.80. The predicted octanol–water partition coefficient (Wildman–Crippen LogP) is 9.78. The molecule has 6 heterocycles. The van der Waals surface area contributed by atoms with Gasteiger partial charge in [0.05, 0.1) is 27.6 Å². The number of aromatic nitrogens is 6. The van der Waals surface area contributed by atoms with Gasteiger partial charge in [0, 0.05) is 67.7 Å². The number of pyridine rings is 3. The molecule has 218 valence electrons. The molecule has 0 spiro atoms. The van der Waals surface area contributed by atoms with E-state index in [2.05, 4.69) is 134 Å². The lowest BCUT2D eigenvalue weighted by molar-refractivity contribution is 1.17. The molecule has 0 radical (unpaired) electrons. The Balaban J connectivity index is 1.43. The summed E-state index contributed by atoms with van der Waals surface area (Å²) >= 11 is 0. The van der Waals surface area contributed by atoms with Crippen LogP contribution < -0.4 is 0 Å². The smallest absolute Gasteiger partial charge is 0.164 e. The molecule has 0 N–H and O–H groups in total. The van der Waals surface area contributed by atoms with Crippen LogP contribution in [0.1, 0.15) is 0 Å². The number of hydrogen-bond acceptors (Lipinski definition) is 3. The van der Waals surface area contributed by atoms with Crippen LogP contribution in [0.5, 0.6) is 0 Å². The highest BCUT2D eigenvalue weighted by atomic mass is 15.1. The van der Waals surface area contributed by atoms with E-state index in [0.29, 0.717) is 0 Å². The first-order valence-electron chi connectivity index (χ1n) is 15.8. The second kappa shape index (κ2) is 9.02. The van der Waals surface area contributed by atoms with E-state index in [-0.39, 0.29) is 0 Å². The number of imidazole rings is 1. The Morgan fingerprint density at radius 1 is 0.426 bits per heavy atom. The quantitative estimate of drug-likeness (QED) is 0.186.